The zero-order chi connectivity index (χ0) is 13.2. The number of aromatic nitrogens is 2. The highest BCUT2D eigenvalue weighted by molar-refractivity contribution is 7.15. The predicted octanol–water partition coefficient (Wildman–Crippen LogP) is 3.95. The van der Waals surface area contributed by atoms with E-state index in [1.165, 1.54) is 0 Å². The zero-order valence-corrected chi connectivity index (χ0v) is 11.1. The molecule has 0 spiro atoms. The average Bonchev–Trinajstić information content (AvgIpc) is 2.79. The highest BCUT2D eigenvalue weighted by Gasteiger charge is 2.11. The minimum atomic E-state index is 0.156. The molecule has 4 nitrogen and oxygen atoms in total. The average molecular weight is 291 g/mol. The van der Waals surface area contributed by atoms with Gasteiger partial charge in [-0.15, -0.1) is 0 Å². The van der Waals surface area contributed by atoms with Crippen LogP contribution >= 0.6 is 22.9 Å². The molecule has 0 aliphatic rings. The van der Waals surface area contributed by atoms with Crippen molar-refractivity contribution in [2.24, 2.45) is 0 Å². The molecular formula is C13H7ClN2O2S. The number of ether oxygens (including phenoxy) is 1. The van der Waals surface area contributed by atoms with E-state index in [-0.39, 0.29) is 5.15 Å². The number of rotatable bonds is 3. The van der Waals surface area contributed by atoms with Gasteiger partial charge < -0.3 is 4.74 Å². The summed E-state index contributed by atoms with van der Waals surface area (Å²) in [5.41, 5.74) is 0.740. The molecule has 0 atom stereocenters. The van der Waals surface area contributed by atoms with Gasteiger partial charge in [0.1, 0.15) is 10.4 Å². The quantitative estimate of drug-likeness (QED) is 0.685. The lowest BCUT2D eigenvalue weighted by Gasteiger charge is -2.04. The van der Waals surface area contributed by atoms with Gasteiger partial charge in [-0.2, -0.15) is 4.98 Å². The standard InChI is InChI=1S/C13H7ClN2O2S/c14-12-10(7-17)19-13(16-12)18-9-5-1-3-8-4-2-6-15-11(8)9/h1-7H. The van der Waals surface area contributed by atoms with Gasteiger partial charge in [0, 0.05) is 11.6 Å². The van der Waals surface area contributed by atoms with E-state index in [4.69, 9.17) is 16.3 Å². The van der Waals surface area contributed by atoms with Crippen LogP contribution in [-0.2, 0) is 0 Å². The van der Waals surface area contributed by atoms with Crippen LogP contribution < -0.4 is 4.74 Å². The number of pyridine rings is 1. The van der Waals surface area contributed by atoms with E-state index in [9.17, 15) is 4.79 Å². The molecule has 3 aromatic rings. The minimum absolute atomic E-state index is 0.156. The summed E-state index contributed by atoms with van der Waals surface area (Å²) in [5, 5.41) is 1.45. The number of benzene rings is 1. The normalized spacial score (nSPS) is 10.6. The third-order valence-corrected chi connectivity index (χ3v) is 3.75. The maximum atomic E-state index is 10.7. The Kier molecular flexibility index (Phi) is 3.15. The molecule has 0 radical (unpaired) electrons. The van der Waals surface area contributed by atoms with Crippen LogP contribution in [0.15, 0.2) is 36.5 Å². The molecule has 0 bridgehead atoms. The Labute approximate surface area is 117 Å². The number of nitrogens with zero attached hydrogens (tertiary/aromatic N) is 2. The van der Waals surface area contributed by atoms with Crippen LogP contribution in [0.2, 0.25) is 5.15 Å². The highest BCUT2D eigenvalue weighted by atomic mass is 35.5. The molecule has 6 heteroatoms. The number of carbonyl (C=O) groups is 1. The molecule has 0 saturated carbocycles. The molecule has 19 heavy (non-hydrogen) atoms. The largest absolute Gasteiger partial charge is 0.429 e. The van der Waals surface area contributed by atoms with Crippen molar-refractivity contribution in [3.05, 3.63) is 46.6 Å². The second kappa shape index (κ2) is 4.95. The summed E-state index contributed by atoms with van der Waals surface area (Å²) in [4.78, 5) is 19.3. The zero-order valence-electron chi connectivity index (χ0n) is 9.54. The second-order valence-corrected chi connectivity index (χ2v) is 5.04. The fourth-order valence-corrected chi connectivity index (χ4v) is 2.58. The number of para-hydroxylation sites is 1. The van der Waals surface area contributed by atoms with Crippen LogP contribution in [0.3, 0.4) is 0 Å². The molecule has 0 unspecified atom stereocenters. The van der Waals surface area contributed by atoms with Crippen molar-refractivity contribution in [3.63, 3.8) is 0 Å². The lowest BCUT2D eigenvalue weighted by atomic mass is 10.2. The van der Waals surface area contributed by atoms with Gasteiger partial charge in [-0.1, -0.05) is 41.1 Å². The fraction of sp³-hybridized carbons (Fsp3) is 0. The highest BCUT2D eigenvalue weighted by Crippen LogP contribution is 2.33. The summed E-state index contributed by atoms with van der Waals surface area (Å²) in [6.07, 6.45) is 2.36. The van der Waals surface area contributed by atoms with Crippen LogP contribution in [0, 0.1) is 0 Å². The van der Waals surface area contributed by atoms with E-state index in [2.05, 4.69) is 9.97 Å². The van der Waals surface area contributed by atoms with Gasteiger partial charge in [-0.3, -0.25) is 9.78 Å². The number of aldehydes is 1. The van der Waals surface area contributed by atoms with E-state index in [0.29, 0.717) is 22.1 Å². The van der Waals surface area contributed by atoms with Crippen LogP contribution in [0.5, 0.6) is 10.9 Å². The van der Waals surface area contributed by atoms with E-state index < -0.39 is 0 Å². The summed E-state index contributed by atoms with van der Waals surface area (Å²) >= 11 is 6.90. The Morgan fingerprint density at radius 3 is 2.89 bits per heavy atom. The summed E-state index contributed by atoms with van der Waals surface area (Å²) in [6, 6.07) is 9.42. The lowest BCUT2D eigenvalue weighted by molar-refractivity contribution is 0.112. The second-order valence-electron chi connectivity index (χ2n) is 3.69. The van der Waals surface area contributed by atoms with Gasteiger partial charge in [-0.25, -0.2) is 0 Å². The Morgan fingerprint density at radius 1 is 1.26 bits per heavy atom. The maximum absolute atomic E-state index is 10.7. The molecule has 0 aliphatic heterocycles. The van der Waals surface area contributed by atoms with Gasteiger partial charge >= 0.3 is 0 Å². The van der Waals surface area contributed by atoms with Gasteiger partial charge in [0.2, 0.25) is 0 Å². The maximum Gasteiger partial charge on any atom is 0.280 e. The minimum Gasteiger partial charge on any atom is -0.429 e. The first-order chi connectivity index (χ1) is 9.28. The first kappa shape index (κ1) is 12.1. The van der Waals surface area contributed by atoms with Crippen LogP contribution in [0.4, 0.5) is 0 Å². The first-order valence-corrected chi connectivity index (χ1v) is 6.60. The van der Waals surface area contributed by atoms with Crippen LogP contribution in [0.25, 0.3) is 10.9 Å². The molecule has 1 aromatic carbocycles. The van der Waals surface area contributed by atoms with Crippen molar-refractivity contribution >= 4 is 40.1 Å². The molecule has 0 fully saturated rings. The smallest absolute Gasteiger partial charge is 0.280 e. The molecule has 2 aromatic heterocycles. The molecule has 2 heterocycles. The number of carbonyl (C=O) groups excluding carboxylic acids is 1. The van der Waals surface area contributed by atoms with Gasteiger partial charge in [0.25, 0.3) is 5.19 Å². The summed E-state index contributed by atoms with van der Waals surface area (Å²) in [5.74, 6) is 0.584. The monoisotopic (exact) mass is 290 g/mol. The van der Waals surface area contributed by atoms with Gasteiger partial charge in [0.05, 0.1) is 0 Å². The van der Waals surface area contributed by atoms with Crippen molar-refractivity contribution < 1.29 is 9.53 Å². The number of fused-ring (bicyclic) bond motifs is 1. The molecule has 0 N–H and O–H groups in total. The van der Waals surface area contributed by atoms with Gasteiger partial charge in [0.15, 0.2) is 17.2 Å². The molecule has 3 rings (SSSR count). The SMILES string of the molecule is O=Cc1sc(Oc2cccc3cccnc23)nc1Cl. The number of thiazole rings is 1. The van der Waals surface area contributed by atoms with Crippen molar-refractivity contribution in [2.45, 2.75) is 0 Å². The summed E-state index contributed by atoms with van der Waals surface area (Å²) in [7, 11) is 0. The topological polar surface area (TPSA) is 52.1 Å². The number of hydrogen-bond acceptors (Lipinski definition) is 5. The third-order valence-electron chi connectivity index (χ3n) is 2.49. The molecule has 94 valence electrons. The van der Waals surface area contributed by atoms with E-state index >= 15 is 0 Å². The molecular weight excluding hydrogens is 284 g/mol. The van der Waals surface area contributed by atoms with Crippen molar-refractivity contribution in [3.8, 4) is 10.9 Å². The van der Waals surface area contributed by atoms with E-state index in [0.717, 1.165) is 22.2 Å². The van der Waals surface area contributed by atoms with Crippen molar-refractivity contribution in [1.29, 1.82) is 0 Å². The Hall–Kier alpha value is -1.98. The van der Waals surface area contributed by atoms with Crippen molar-refractivity contribution in [1.82, 2.24) is 9.97 Å². The Bertz CT molecular complexity index is 752. The summed E-state index contributed by atoms with van der Waals surface area (Å²) in [6.45, 7) is 0. The molecule has 0 amide bonds. The predicted molar refractivity (Wildman–Crippen MR) is 74.3 cm³/mol. The lowest BCUT2D eigenvalue weighted by Crippen LogP contribution is -1.86. The van der Waals surface area contributed by atoms with E-state index in [1.54, 1.807) is 12.3 Å². The Balaban J connectivity index is 2.03. The van der Waals surface area contributed by atoms with Crippen LogP contribution in [-0.4, -0.2) is 16.3 Å². The molecule has 0 saturated heterocycles. The summed E-state index contributed by atoms with van der Waals surface area (Å²) < 4.78 is 5.66. The van der Waals surface area contributed by atoms with Crippen LogP contribution in [0.1, 0.15) is 9.67 Å². The fourth-order valence-electron chi connectivity index (χ4n) is 1.66. The molecule has 0 aliphatic carbocycles. The van der Waals surface area contributed by atoms with Gasteiger partial charge in [-0.05, 0) is 12.1 Å². The van der Waals surface area contributed by atoms with E-state index in [1.807, 2.05) is 24.3 Å². The number of hydrogen-bond donors (Lipinski definition) is 0. The number of halogens is 1. The first-order valence-electron chi connectivity index (χ1n) is 5.41. The van der Waals surface area contributed by atoms with Crippen molar-refractivity contribution in [2.75, 3.05) is 0 Å². The Morgan fingerprint density at radius 2 is 2.11 bits per heavy atom. The third kappa shape index (κ3) is 2.30.